The van der Waals surface area contributed by atoms with Crippen molar-refractivity contribution in [1.29, 1.82) is 0 Å². The highest BCUT2D eigenvalue weighted by molar-refractivity contribution is 6.31. The van der Waals surface area contributed by atoms with Gasteiger partial charge in [-0.05, 0) is 6.07 Å². The Morgan fingerprint density at radius 3 is 2.23 bits per heavy atom. The van der Waals surface area contributed by atoms with Crippen LogP contribution < -0.4 is 5.73 Å². The van der Waals surface area contributed by atoms with Gasteiger partial charge in [0.15, 0.2) is 5.78 Å². The smallest absolute Gasteiger partial charge is 0.249 e. The summed E-state index contributed by atoms with van der Waals surface area (Å²) in [5, 5.41) is 0. The molecule has 4 heteroatoms. The normalized spacial score (nSPS) is 9.62. The van der Waals surface area contributed by atoms with Crippen LogP contribution in [-0.4, -0.2) is 17.6 Å². The highest BCUT2D eigenvalue weighted by atomic mass is 35.5. The molecule has 0 spiro atoms. The van der Waals surface area contributed by atoms with Gasteiger partial charge in [0.2, 0.25) is 5.91 Å². The van der Waals surface area contributed by atoms with Crippen LogP contribution in [0.15, 0.2) is 24.3 Å². The number of alkyl halides is 1. The van der Waals surface area contributed by atoms with E-state index in [4.69, 9.17) is 17.3 Å². The van der Waals surface area contributed by atoms with Gasteiger partial charge >= 0.3 is 0 Å². The molecule has 1 amide bonds. The second-order valence-corrected chi connectivity index (χ2v) is 2.73. The lowest BCUT2D eigenvalue weighted by Crippen LogP contribution is -2.16. The van der Waals surface area contributed by atoms with E-state index in [0.717, 1.165) is 0 Å². The van der Waals surface area contributed by atoms with Crippen molar-refractivity contribution in [1.82, 2.24) is 0 Å². The average Bonchev–Trinajstić information content (AvgIpc) is 2.16. The molecule has 0 aliphatic carbocycles. The Hall–Kier alpha value is -1.35. The Kier molecular flexibility index (Phi) is 3.03. The van der Waals surface area contributed by atoms with Crippen molar-refractivity contribution in [3.63, 3.8) is 0 Å². The van der Waals surface area contributed by atoms with Crippen molar-refractivity contribution in [2.24, 2.45) is 5.73 Å². The van der Waals surface area contributed by atoms with E-state index in [1.807, 2.05) is 0 Å². The van der Waals surface area contributed by atoms with E-state index in [9.17, 15) is 9.59 Å². The molecule has 0 heterocycles. The van der Waals surface area contributed by atoms with E-state index in [1.165, 1.54) is 12.1 Å². The van der Waals surface area contributed by atoms with Crippen molar-refractivity contribution in [3.05, 3.63) is 35.4 Å². The topological polar surface area (TPSA) is 60.2 Å². The molecular formula is C9H8ClNO2. The minimum Gasteiger partial charge on any atom is -0.366 e. The molecule has 68 valence electrons. The third kappa shape index (κ3) is 2.06. The van der Waals surface area contributed by atoms with Crippen LogP contribution in [0.25, 0.3) is 0 Å². The zero-order valence-corrected chi connectivity index (χ0v) is 7.54. The Morgan fingerprint density at radius 2 is 1.77 bits per heavy atom. The fraction of sp³-hybridized carbons (Fsp3) is 0.111. The van der Waals surface area contributed by atoms with Gasteiger partial charge in [-0.25, -0.2) is 0 Å². The first kappa shape index (κ1) is 9.74. The van der Waals surface area contributed by atoms with Crippen LogP contribution in [0.4, 0.5) is 0 Å². The first-order valence-corrected chi connectivity index (χ1v) is 4.18. The summed E-state index contributed by atoms with van der Waals surface area (Å²) in [4.78, 5) is 22.1. The van der Waals surface area contributed by atoms with Gasteiger partial charge in [-0.3, -0.25) is 9.59 Å². The second kappa shape index (κ2) is 4.05. The molecule has 0 fully saturated rings. The van der Waals surface area contributed by atoms with Crippen LogP contribution in [0.3, 0.4) is 0 Å². The molecule has 0 bridgehead atoms. The summed E-state index contributed by atoms with van der Waals surface area (Å²) in [6.45, 7) is 0. The summed E-state index contributed by atoms with van der Waals surface area (Å²) in [5.41, 5.74) is 5.57. The van der Waals surface area contributed by atoms with Crippen LogP contribution in [0.5, 0.6) is 0 Å². The number of carbonyl (C=O) groups is 2. The van der Waals surface area contributed by atoms with Crippen LogP contribution in [0.2, 0.25) is 0 Å². The Balaban J connectivity index is 3.19. The maximum atomic E-state index is 11.2. The molecule has 0 aliphatic heterocycles. The van der Waals surface area contributed by atoms with Crippen molar-refractivity contribution < 1.29 is 9.59 Å². The van der Waals surface area contributed by atoms with Crippen molar-refractivity contribution in [2.45, 2.75) is 0 Å². The third-order valence-electron chi connectivity index (χ3n) is 1.61. The summed E-state index contributed by atoms with van der Waals surface area (Å²) in [5.74, 6) is -1.06. The Labute approximate surface area is 80.5 Å². The molecule has 0 unspecified atom stereocenters. The maximum Gasteiger partial charge on any atom is 0.249 e. The fourth-order valence-corrected chi connectivity index (χ4v) is 1.16. The lowest BCUT2D eigenvalue weighted by molar-refractivity contribution is 0.0975. The minimum atomic E-state index is -0.617. The van der Waals surface area contributed by atoms with Gasteiger partial charge in [0.25, 0.3) is 0 Å². The average molecular weight is 198 g/mol. The SMILES string of the molecule is NC(=O)c1ccccc1C(=O)CCl. The molecule has 0 atom stereocenters. The molecule has 2 N–H and O–H groups in total. The molecule has 3 nitrogen and oxygen atoms in total. The van der Waals surface area contributed by atoms with Crippen LogP contribution in [0, 0.1) is 0 Å². The zero-order valence-electron chi connectivity index (χ0n) is 6.79. The van der Waals surface area contributed by atoms with Crippen LogP contribution in [0.1, 0.15) is 20.7 Å². The monoisotopic (exact) mass is 197 g/mol. The number of amides is 1. The number of rotatable bonds is 3. The van der Waals surface area contributed by atoms with Gasteiger partial charge in [-0.15, -0.1) is 11.6 Å². The number of nitrogens with two attached hydrogens (primary N) is 1. The quantitative estimate of drug-likeness (QED) is 0.585. The van der Waals surface area contributed by atoms with E-state index in [-0.39, 0.29) is 22.8 Å². The van der Waals surface area contributed by atoms with E-state index >= 15 is 0 Å². The van der Waals surface area contributed by atoms with Gasteiger partial charge in [0, 0.05) is 11.1 Å². The summed E-state index contributed by atoms with van der Waals surface area (Å²) < 4.78 is 0. The Morgan fingerprint density at radius 1 is 1.23 bits per heavy atom. The number of primary amides is 1. The van der Waals surface area contributed by atoms with E-state index in [0.29, 0.717) is 0 Å². The second-order valence-electron chi connectivity index (χ2n) is 2.47. The molecule has 0 aliphatic rings. The van der Waals surface area contributed by atoms with Crippen LogP contribution in [-0.2, 0) is 0 Å². The zero-order chi connectivity index (χ0) is 9.84. The Bertz CT molecular complexity index is 349. The van der Waals surface area contributed by atoms with E-state index in [2.05, 4.69) is 0 Å². The van der Waals surface area contributed by atoms with Gasteiger partial charge in [-0.2, -0.15) is 0 Å². The number of carbonyl (C=O) groups excluding carboxylic acids is 2. The number of benzene rings is 1. The molecule has 0 saturated heterocycles. The number of hydrogen-bond acceptors (Lipinski definition) is 2. The lowest BCUT2D eigenvalue weighted by atomic mass is 10.0. The molecule has 0 aromatic heterocycles. The molecule has 0 saturated carbocycles. The van der Waals surface area contributed by atoms with Gasteiger partial charge < -0.3 is 5.73 Å². The van der Waals surface area contributed by atoms with E-state index < -0.39 is 5.91 Å². The molecule has 0 radical (unpaired) electrons. The standard InChI is InChI=1S/C9H8ClNO2/c10-5-8(12)6-3-1-2-4-7(6)9(11)13/h1-4H,5H2,(H2,11,13). The maximum absolute atomic E-state index is 11.2. The van der Waals surface area contributed by atoms with Gasteiger partial charge in [-0.1, -0.05) is 18.2 Å². The highest BCUT2D eigenvalue weighted by Gasteiger charge is 2.12. The predicted octanol–water partition coefficient (Wildman–Crippen LogP) is 1.21. The molecule has 1 aromatic carbocycles. The minimum absolute atomic E-state index is 0.149. The summed E-state index contributed by atoms with van der Waals surface area (Å²) in [6, 6.07) is 6.34. The van der Waals surface area contributed by atoms with Crippen molar-refractivity contribution >= 4 is 23.3 Å². The number of Topliss-reactive ketones (excluding diaryl/α,β-unsaturated/α-hetero) is 1. The lowest BCUT2D eigenvalue weighted by Gasteiger charge is -2.02. The van der Waals surface area contributed by atoms with Crippen molar-refractivity contribution in [2.75, 3.05) is 5.88 Å². The number of hydrogen-bond donors (Lipinski definition) is 1. The number of ketones is 1. The first-order valence-electron chi connectivity index (χ1n) is 3.65. The predicted molar refractivity (Wildman–Crippen MR) is 50.0 cm³/mol. The number of halogens is 1. The summed E-state index contributed by atoms with van der Waals surface area (Å²) in [6.07, 6.45) is 0. The van der Waals surface area contributed by atoms with Crippen LogP contribution >= 0.6 is 11.6 Å². The van der Waals surface area contributed by atoms with Gasteiger partial charge in [0.1, 0.15) is 0 Å². The fourth-order valence-electron chi connectivity index (χ4n) is 1.01. The highest BCUT2D eigenvalue weighted by Crippen LogP contribution is 2.09. The molecule has 13 heavy (non-hydrogen) atoms. The largest absolute Gasteiger partial charge is 0.366 e. The summed E-state index contributed by atoms with van der Waals surface area (Å²) in [7, 11) is 0. The first-order chi connectivity index (χ1) is 6.16. The molecule has 1 aromatic rings. The van der Waals surface area contributed by atoms with Crippen molar-refractivity contribution in [3.8, 4) is 0 Å². The summed E-state index contributed by atoms with van der Waals surface area (Å²) >= 11 is 5.36. The van der Waals surface area contributed by atoms with Gasteiger partial charge in [0.05, 0.1) is 5.88 Å². The third-order valence-corrected chi connectivity index (χ3v) is 1.86. The molecule has 1 rings (SSSR count). The molecular weight excluding hydrogens is 190 g/mol. The van der Waals surface area contributed by atoms with E-state index in [1.54, 1.807) is 12.1 Å².